The van der Waals surface area contributed by atoms with Crippen LogP contribution in [0, 0.1) is 5.92 Å². The second kappa shape index (κ2) is 6.68. The van der Waals surface area contributed by atoms with Gasteiger partial charge in [-0.15, -0.1) is 5.10 Å². The summed E-state index contributed by atoms with van der Waals surface area (Å²) in [5.41, 5.74) is 3.54. The number of fused-ring (bicyclic) bond motifs is 2. The summed E-state index contributed by atoms with van der Waals surface area (Å²) in [6.07, 6.45) is 6.37. The molecule has 27 heavy (non-hydrogen) atoms. The SMILES string of the molecule is O=C(C1CCN(c2ccc3nccn3n2)CC1)N1CCc2ccccc2C1. The van der Waals surface area contributed by atoms with E-state index in [4.69, 9.17) is 0 Å². The lowest BCUT2D eigenvalue weighted by Gasteiger charge is -2.36. The van der Waals surface area contributed by atoms with Gasteiger partial charge in [0.2, 0.25) is 5.91 Å². The maximum atomic E-state index is 13.0. The number of benzene rings is 1. The lowest BCUT2D eigenvalue weighted by atomic mass is 9.93. The first-order chi connectivity index (χ1) is 13.3. The first kappa shape index (κ1) is 16.3. The Balaban J connectivity index is 1.23. The monoisotopic (exact) mass is 361 g/mol. The van der Waals surface area contributed by atoms with Crippen molar-refractivity contribution in [2.45, 2.75) is 25.8 Å². The number of carbonyl (C=O) groups is 1. The number of aromatic nitrogens is 3. The van der Waals surface area contributed by atoms with Crippen LogP contribution in [0.4, 0.5) is 5.82 Å². The zero-order valence-corrected chi connectivity index (χ0v) is 15.3. The van der Waals surface area contributed by atoms with Crippen LogP contribution < -0.4 is 4.90 Å². The van der Waals surface area contributed by atoms with E-state index >= 15 is 0 Å². The van der Waals surface area contributed by atoms with Gasteiger partial charge in [-0.2, -0.15) is 0 Å². The number of hydrogen-bond acceptors (Lipinski definition) is 4. The Morgan fingerprint density at radius 3 is 2.67 bits per heavy atom. The van der Waals surface area contributed by atoms with E-state index in [2.05, 4.69) is 44.1 Å². The van der Waals surface area contributed by atoms with Crippen LogP contribution in [0.2, 0.25) is 0 Å². The maximum absolute atomic E-state index is 13.0. The minimum atomic E-state index is 0.128. The Bertz CT molecular complexity index is 973. The molecule has 0 spiro atoms. The third-order valence-electron chi connectivity index (χ3n) is 5.85. The van der Waals surface area contributed by atoms with Gasteiger partial charge >= 0.3 is 0 Å². The summed E-state index contributed by atoms with van der Waals surface area (Å²) in [5.74, 6) is 1.41. The molecule has 1 aromatic carbocycles. The second-order valence-corrected chi connectivity index (χ2v) is 7.46. The predicted molar refractivity (Wildman–Crippen MR) is 103 cm³/mol. The molecule has 0 saturated carbocycles. The van der Waals surface area contributed by atoms with Crippen LogP contribution in [0.5, 0.6) is 0 Å². The third-order valence-corrected chi connectivity index (χ3v) is 5.85. The molecule has 0 N–H and O–H groups in total. The Morgan fingerprint density at radius 2 is 1.81 bits per heavy atom. The van der Waals surface area contributed by atoms with Crippen LogP contribution in [0.3, 0.4) is 0 Å². The van der Waals surface area contributed by atoms with Gasteiger partial charge in [-0.3, -0.25) is 4.79 Å². The van der Waals surface area contributed by atoms with E-state index in [1.807, 2.05) is 18.3 Å². The maximum Gasteiger partial charge on any atom is 0.226 e. The number of piperidine rings is 1. The molecule has 138 valence electrons. The van der Waals surface area contributed by atoms with Gasteiger partial charge in [-0.05, 0) is 42.5 Å². The first-order valence-corrected chi connectivity index (χ1v) is 9.69. The summed E-state index contributed by atoms with van der Waals surface area (Å²) in [6.45, 7) is 3.34. The molecule has 3 aromatic rings. The molecule has 2 aliphatic heterocycles. The van der Waals surface area contributed by atoms with Crippen LogP contribution in [0.25, 0.3) is 5.65 Å². The van der Waals surface area contributed by atoms with E-state index in [1.165, 1.54) is 11.1 Å². The highest BCUT2D eigenvalue weighted by Crippen LogP contribution is 2.26. The quantitative estimate of drug-likeness (QED) is 0.704. The number of hydrogen-bond donors (Lipinski definition) is 0. The lowest BCUT2D eigenvalue weighted by Crippen LogP contribution is -2.44. The summed E-state index contributed by atoms with van der Waals surface area (Å²) >= 11 is 0. The molecule has 0 atom stereocenters. The Labute approximate surface area is 158 Å². The summed E-state index contributed by atoms with van der Waals surface area (Å²) in [4.78, 5) is 21.6. The second-order valence-electron chi connectivity index (χ2n) is 7.46. The van der Waals surface area contributed by atoms with E-state index in [0.29, 0.717) is 5.91 Å². The summed E-state index contributed by atoms with van der Waals surface area (Å²) < 4.78 is 1.80. The molecule has 6 nitrogen and oxygen atoms in total. The number of imidazole rings is 1. The van der Waals surface area contributed by atoms with Gasteiger partial charge in [0.25, 0.3) is 0 Å². The van der Waals surface area contributed by atoms with Crippen molar-refractivity contribution in [3.05, 3.63) is 59.9 Å². The molecule has 2 aliphatic rings. The fourth-order valence-corrected chi connectivity index (χ4v) is 4.27. The molecular formula is C21H23N5O. The van der Waals surface area contributed by atoms with Crippen LogP contribution in [-0.2, 0) is 17.8 Å². The minimum absolute atomic E-state index is 0.128. The zero-order chi connectivity index (χ0) is 18.2. The van der Waals surface area contributed by atoms with Gasteiger partial charge in [-0.25, -0.2) is 9.50 Å². The van der Waals surface area contributed by atoms with E-state index in [9.17, 15) is 4.79 Å². The average Bonchev–Trinajstić information content (AvgIpc) is 3.21. The van der Waals surface area contributed by atoms with Crippen molar-refractivity contribution in [1.29, 1.82) is 0 Å². The summed E-state index contributed by atoms with van der Waals surface area (Å²) in [7, 11) is 0. The molecule has 0 aliphatic carbocycles. The van der Waals surface area contributed by atoms with Gasteiger partial charge in [0, 0.05) is 44.5 Å². The normalized spacial score (nSPS) is 17.9. The van der Waals surface area contributed by atoms with Gasteiger partial charge < -0.3 is 9.80 Å². The molecule has 6 heteroatoms. The summed E-state index contributed by atoms with van der Waals surface area (Å²) in [5, 5.41) is 4.63. The summed E-state index contributed by atoms with van der Waals surface area (Å²) in [6, 6.07) is 12.5. The van der Waals surface area contributed by atoms with Crippen molar-refractivity contribution in [3.63, 3.8) is 0 Å². The molecule has 4 heterocycles. The van der Waals surface area contributed by atoms with Crippen LogP contribution in [-0.4, -0.2) is 45.0 Å². The Hall–Kier alpha value is -2.89. The van der Waals surface area contributed by atoms with E-state index in [-0.39, 0.29) is 5.92 Å². The minimum Gasteiger partial charge on any atom is -0.355 e. The van der Waals surface area contributed by atoms with Crippen LogP contribution >= 0.6 is 0 Å². The van der Waals surface area contributed by atoms with E-state index in [0.717, 1.165) is 56.9 Å². The molecule has 0 unspecified atom stereocenters. The van der Waals surface area contributed by atoms with Gasteiger partial charge in [0.1, 0.15) is 5.82 Å². The number of rotatable bonds is 2. The number of anilines is 1. The van der Waals surface area contributed by atoms with Gasteiger partial charge in [-0.1, -0.05) is 24.3 Å². The molecule has 0 radical (unpaired) electrons. The van der Waals surface area contributed by atoms with Crippen molar-refractivity contribution >= 4 is 17.4 Å². The van der Waals surface area contributed by atoms with Crippen molar-refractivity contribution in [1.82, 2.24) is 19.5 Å². The van der Waals surface area contributed by atoms with Crippen LogP contribution in [0.15, 0.2) is 48.8 Å². The highest BCUT2D eigenvalue weighted by Gasteiger charge is 2.30. The number of amides is 1. The number of carbonyl (C=O) groups excluding carboxylic acids is 1. The molecule has 5 rings (SSSR count). The first-order valence-electron chi connectivity index (χ1n) is 9.69. The lowest BCUT2D eigenvalue weighted by molar-refractivity contribution is -0.137. The zero-order valence-electron chi connectivity index (χ0n) is 15.3. The molecule has 1 amide bonds. The highest BCUT2D eigenvalue weighted by molar-refractivity contribution is 5.79. The smallest absolute Gasteiger partial charge is 0.226 e. The Morgan fingerprint density at radius 1 is 1.00 bits per heavy atom. The predicted octanol–water partition coefficient (Wildman–Crippen LogP) is 2.53. The topological polar surface area (TPSA) is 53.7 Å². The molecule has 1 fully saturated rings. The van der Waals surface area contributed by atoms with Crippen molar-refractivity contribution in [3.8, 4) is 0 Å². The standard InChI is InChI=1S/C21H23N5O/c27-21(25-13-7-16-3-1-2-4-18(16)15-25)17-8-11-24(12-9-17)20-6-5-19-22-10-14-26(19)23-20/h1-6,10,14,17H,7-9,11-13,15H2. The van der Waals surface area contributed by atoms with Crippen molar-refractivity contribution in [2.24, 2.45) is 5.92 Å². The third kappa shape index (κ3) is 3.05. The fourth-order valence-electron chi connectivity index (χ4n) is 4.27. The molecular weight excluding hydrogens is 338 g/mol. The van der Waals surface area contributed by atoms with E-state index in [1.54, 1.807) is 10.7 Å². The number of nitrogens with zero attached hydrogens (tertiary/aromatic N) is 5. The van der Waals surface area contributed by atoms with Gasteiger partial charge in [0.05, 0.1) is 0 Å². The largest absolute Gasteiger partial charge is 0.355 e. The van der Waals surface area contributed by atoms with Crippen molar-refractivity contribution < 1.29 is 4.79 Å². The highest BCUT2D eigenvalue weighted by atomic mass is 16.2. The molecule has 1 saturated heterocycles. The average molecular weight is 361 g/mol. The Kier molecular flexibility index (Phi) is 4.03. The fraction of sp³-hybridized carbons (Fsp3) is 0.381. The molecule has 2 aromatic heterocycles. The van der Waals surface area contributed by atoms with Gasteiger partial charge in [0.15, 0.2) is 5.65 Å². The van der Waals surface area contributed by atoms with Crippen LogP contribution in [0.1, 0.15) is 24.0 Å². The van der Waals surface area contributed by atoms with E-state index < -0.39 is 0 Å². The van der Waals surface area contributed by atoms with Crippen molar-refractivity contribution in [2.75, 3.05) is 24.5 Å². The molecule has 0 bridgehead atoms.